The third-order valence-electron chi connectivity index (χ3n) is 0.335. The van der Waals surface area contributed by atoms with Crippen LogP contribution in [0.5, 0.6) is 0 Å². The van der Waals surface area contributed by atoms with Crippen molar-refractivity contribution < 1.29 is 88.8 Å². The molecule has 0 aliphatic heterocycles. The van der Waals surface area contributed by atoms with Crippen LogP contribution in [0.2, 0.25) is 0 Å². The fraction of sp³-hybridized carbons (Fsp3) is 0.500. The third kappa shape index (κ3) is 24.5. The summed E-state index contributed by atoms with van der Waals surface area (Å²) in [4.78, 5) is 25.2. The average molecular weight is 203 g/mol. The van der Waals surface area contributed by atoms with Crippen molar-refractivity contribution >= 4 is 13.6 Å². The molecule has 0 radical (unpaired) electrons. The first-order valence-corrected chi connectivity index (χ1v) is 3.46. The van der Waals surface area contributed by atoms with Gasteiger partial charge in [-0.2, -0.15) is 0 Å². The van der Waals surface area contributed by atoms with E-state index in [-0.39, 0.29) is 64.6 Å². The van der Waals surface area contributed by atoms with Gasteiger partial charge in [-0.25, -0.2) is 0 Å². The maximum atomic E-state index is 9.72. The van der Waals surface area contributed by atoms with Gasteiger partial charge in [-0.3, -0.25) is 4.57 Å². The Morgan fingerprint density at radius 3 is 1.64 bits per heavy atom. The molecule has 0 saturated carbocycles. The summed E-state index contributed by atoms with van der Waals surface area (Å²) in [7, 11) is -4.38. The standard InChI is InChI=1S/C2H5O5P.2Na.H2O/c3-2(4)1-8(5,6)7;;;/h1H2,(H,3,4)(H2,5,6,7);;;1H2/q;2*+1;/p-1. The summed E-state index contributed by atoms with van der Waals surface area (Å²) in [6, 6.07) is 0. The number of rotatable bonds is 2. The fourth-order valence-corrected chi connectivity index (χ4v) is 0.505. The maximum absolute atomic E-state index is 9.72. The van der Waals surface area contributed by atoms with E-state index in [0.29, 0.717) is 0 Å². The fourth-order valence-electron chi connectivity index (χ4n) is 0.168. The molecule has 0 unspecified atom stereocenters. The summed E-state index contributed by atoms with van der Waals surface area (Å²) in [6.07, 6.45) is -1.20. The minimum atomic E-state index is -4.38. The van der Waals surface area contributed by atoms with E-state index in [9.17, 15) is 14.5 Å². The number of carbonyl (C=O) groups is 1. The van der Waals surface area contributed by atoms with Crippen LogP contribution in [0, 0.1) is 0 Å². The number of aliphatic carboxylic acids is 1. The Kier molecular flexibility index (Phi) is 20.1. The molecule has 0 amide bonds. The molecule has 0 aromatic carbocycles. The van der Waals surface area contributed by atoms with E-state index in [1.165, 1.54) is 0 Å². The van der Waals surface area contributed by atoms with E-state index in [2.05, 4.69) is 0 Å². The summed E-state index contributed by atoms with van der Waals surface area (Å²) < 4.78 is 9.72. The Morgan fingerprint density at radius 1 is 1.36 bits per heavy atom. The Bertz CT molecular complexity index is 142. The molecule has 56 valence electrons. The number of carboxylic acid groups (broad SMARTS) is 1. The summed E-state index contributed by atoms with van der Waals surface area (Å²) in [5, 5.41) is 9.41. The minimum absolute atomic E-state index is 0. The first-order chi connectivity index (χ1) is 3.42. The number of carboxylic acids is 1. The van der Waals surface area contributed by atoms with Gasteiger partial charge in [0.15, 0.2) is 0 Å². The zero-order valence-electron chi connectivity index (χ0n) is 6.27. The average Bonchev–Trinajstić information content (AvgIpc) is 1.21. The topological polar surface area (TPSA) is 129 Å². The van der Waals surface area contributed by atoms with Crippen LogP contribution in [-0.2, 0) is 9.36 Å². The quantitative estimate of drug-likeness (QED) is 0.340. The molecule has 4 N–H and O–H groups in total. The van der Waals surface area contributed by atoms with Crippen molar-refractivity contribution in [2.45, 2.75) is 0 Å². The van der Waals surface area contributed by atoms with E-state index in [1.54, 1.807) is 0 Å². The van der Waals surface area contributed by atoms with E-state index in [4.69, 9.17) is 9.79 Å². The van der Waals surface area contributed by atoms with Gasteiger partial charge in [0, 0.05) is 0 Å². The van der Waals surface area contributed by atoms with Crippen LogP contribution >= 0.6 is 7.60 Å². The second kappa shape index (κ2) is 9.67. The molecule has 11 heavy (non-hydrogen) atoms. The molecule has 0 spiro atoms. The number of hydrogen-bond acceptors (Lipinski definition) is 3. The molecule has 6 nitrogen and oxygen atoms in total. The van der Waals surface area contributed by atoms with Gasteiger partial charge in [0.2, 0.25) is 0 Å². The largest absolute Gasteiger partial charge is 1.00 e. The summed E-state index contributed by atoms with van der Waals surface area (Å²) in [5.74, 6) is -1.74. The monoisotopic (exact) mass is 203 g/mol. The van der Waals surface area contributed by atoms with Crippen molar-refractivity contribution in [3.8, 4) is 0 Å². The van der Waals surface area contributed by atoms with E-state index < -0.39 is 19.7 Å². The first-order valence-electron chi connectivity index (χ1n) is 1.66. The zero-order chi connectivity index (χ0) is 6.78. The minimum Gasteiger partial charge on any atom is -0.549 e. The summed E-state index contributed by atoms with van der Waals surface area (Å²) in [5.41, 5.74) is 0. The number of hydrogen-bond donors (Lipinski definition) is 2. The normalized spacial score (nSPS) is 8.18. The van der Waals surface area contributed by atoms with Crippen molar-refractivity contribution in [2.24, 2.45) is 0 Å². The Hall–Kier alpha value is 1.58. The summed E-state index contributed by atoms with van der Waals surface area (Å²) >= 11 is 0. The Balaban J connectivity index is -0.0000000817. The molecule has 9 heteroatoms. The molecular formula is C2H6Na2O6P+. The van der Waals surface area contributed by atoms with Crippen LogP contribution in [0.1, 0.15) is 0 Å². The maximum Gasteiger partial charge on any atom is 1.00 e. The van der Waals surface area contributed by atoms with Crippen molar-refractivity contribution in [3.63, 3.8) is 0 Å². The molecule has 0 aliphatic carbocycles. The second-order valence-electron chi connectivity index (χ2n) is 1.19. The molecule has 0 saturated heterocycles. The predicted molar refractivity (Wildman–Crippen MR) is 25.5 cm³/mol. The van der Waals surface area contributed by atoms with Crippen molar-refractivity contribution in [1.29, 1.82) is 0 Å². The van der Waals surface area contributed by atoms with Gasteiger partial charge in [-0.1, -0.05) is 0 Å². The molecule has 0 bridgehead atoms. The van der Waals surface area contributed by atoms with Crippen molar-refractivity contribution in [1.82, 2.24) is 0 Å². The van der Waals surface area contributed by atoms with Crippen LogP contribution in [0.15, 0.2) is 0 Å². The second-order valence-corrected chi connectivity index (χ2v) is 2.84. The molecule has 0 aromatic heterocycles. The van der Waals surface area contributed by atoms with Crippen LogP contribution in [0.25, 0.3) is 0 Å². The van der Waals surface area contributed by atoms with Gasteiger partial charge in [0.05, 0.1) is 12.1 Å². The molecular weight excluding hydrogens is 197 g/mol. The van der Waals surface area contributed by atoms with Gasteiger partial charge in [-0.05, 0) is 0 Å². The van der Waals surface area contributed by atoms with Gasteiger partial charge in [0.25, 0.3) is 0 Å². The third-order valence-corrected chi connectivity index (χ3v) is 1.01. The van der Waals surface area contributed by atoms with Crippen LogP contribution < -0.4 is 64.2 Å². The first kappa shape index (κ1) is 22.9. The molecule has 0 heterocycles. The Morgan fingerprint density at radius 2 is 1.64 bits per heavy atom. The van der Waals surface area contributed by atoms with E-state index >= 15 is 0 Å². The smallest absolute Gasteiger partial charge is 0.549 e. The molecule has 0 fully saturated rings. The SMILES string of the molecule is O.O=C([O-])CP(=O)(O)O.[Na+].[Na+]. The van der Waals surface area contributed by atoms with Gasteiger partial charge < -0.3 is 25.2 Å². The van der Waals surface area contributed by atoms with Crippen LogP contribution in [-0.4, -0.2) is 27.4 Å². The van der Waals surface area contributed by atoms with Crippen molar-refractivity contribution in [3.05, 3.63) is 0 Å². The van der Waals surface area contributed by atoms with Crippen molar-refractivity contribution in [2.75, 3.05) is 6.16 Å². The van der Waals surface area contributed by atoms with Gasteiger partial charge in [-0.15, -0.1) is 0 Å². The van der Waals surface area contributed by atoms with Gasteiger partial charge >= 0.3 is 66.7 Å². The predicted octanol–water partition coefficient (Wildman–Crippen LogP) is -8.90. The van der Waals surface area contributed by atoms with E-state index in [0.717, 1.165) is 0 Å². The Labute approximate surface area is 107 Å². The molecule has 0 atom stereocenters. The van der Waals surface area contributed by atoms with Crippen LogP contribution in [0.4, 0.5) is 0 Å². The van der Waals surface area contributed by atoms with E-state index in [1.807, 2.05) is 0 Å². The molecule has 0 aromatic rings. The van der Waals surface area contributed by atoms with Gasteiger partial charge in [0.1, 0.15) is 0 Å². The van der Waals surface area contributed by atoms with Crippen LogP contribution in [0.3, 0.4) is 0 Å². The number of carbonyl (C=O) groups excluding carboxylic acids is 1. The molecule has 0 rings (SSSR count). The summed E-state index contributed by atoms with van der Waals surface area (Å²) in [6.45, 7) is 0. The zero-order valence-corrected chi connectivity index (χ0v) is 11.2. The molecule has 0 aliphatic rings.